The van der Waals surface area contributed by atoms with Crippen LogP contribution in [-0.2, 0) is 20.7 Å². The molecule has 1 N–H and O–H groups in total. The van der Waals surface area contributed by atoms with Crippen LogP contribution < -0.4 is 5.32 Å². The Morgan fingerprint density at radius 2 is 1.91 bits per heavy atom. The molecule has 0 radical (unpaired) electrons. The number of ether oxygens (including phenoxy) is 2. The number of hydrogen-bond acceptors (Lipinski definition) is 6. The minimum atomic E-state index is -0.471. The van der Waals surface area contributed by atoms with Crippen LogP contribution in [0, 0.1) is 11.8 Å². The molecule has 33 heavy (non-hydrogen) atoms. The average Bonchev–Trinajstić information content (AvgIpc) is 3.46. The van der Waals surface area contributed by atoms with Crippen LogP contribution in [0.1, 0.15) is 68.0 Å². The highest BCUT2D eigenvalue weighted by atomic mass is 35.5. The summed E-state index contributed by atoms with van der Waals surface area (Å²) in [6.45, 7) is 4.39. The van der Waals surface area contributed by atoms with Gasteiger partial charge in [0.15, 0.2) is 5.78 Å². The van der Waals surface area contributed by atoms with Crippen LogP contribution in [0.15, 0.2) is 28.7 Å². The van der Waals surface area contributed by atoms with Gasteiger partial charge in [0, 0.05) is 31.4 Å². The van der Waals surface area contributed by atoms with Crippen LogP contribution in [0.4, 0.5) is 0 Å². The van der Waals surface area contributed by atoms with E-state index < -0.39 is 5.97 Å². The van der Waals surface area contributed by atoms with E-state index in [0.717, 1.165) is 23.9 Å². The van der Waals surface area contributed by atoms with Crippen molar-refractivity contribution in [3.05, 3.63) is 35.6 Å². The van der Waals surface area contributed by atoms with E-state index in [1.807, 2.05) is 25.1 Å². The third-order valence-corrected chi connectivity index (χ3v) is 6.90. The zero-order valence-corrected chi connectivity index (χ0v) is 20.3. The number of carbonyl (C=O) groups is 2. The smallest absolute Gasteiger partial charge is 0.374 e. The van der Waals surface area contributed by atoms with Crippen LogP contribution >= 0.6 is 12.4 Å². The lowest BCUT2D eigenvalue weighted by Crippen LogP contribution is -2.40. The minimum Gasteiger partial charge on any atom is -0.460 e. The first-order chi connectivity index (χ1) is 15.7. The van der Waals surface area contributed by atoms with Gasteiger partial charge in [-0.05, 0) is 55.5 Å². The first-order valence-electron chi connectivity index (χ1n) is 12.2. The number of carbonyl (C=O) groups excluding carboxylic acids is 2. The Balaban J connectivity index is 0.00000306. The molecule has 182 valence electrons. The molecule has 0 unspecified atom stereocenters. The van der Waals surface area contributed by atoms with Crippen molar-refractivity contribution in [1.82, 2.24) is 5.32 Å². The van der Waals surface area contributed by atoms with Gasteiger partial charge in [0.05, 0.1) is 12.6 Å². The number of nitrogens with one attached hydrogen (secondary N) is 1. The number of hydrogen-bond donors (Lipinski definition) is 1. The highest BCUT2D eigenvalue weighted by Crippen LogP contribution is 2.36. The van der Waals surface area contributed by atoms with Crippen LogP contribution in [0.25, 0.3) is 11.0 Å². The summed E-state index contributed by atoms with van der Waals surface area (Å²) in [7, 11) is 0. The van der Waals surface area contributed by atoms with Gasteiger partial charge in [-0.15, -0.1) is 12.4 Å². The van der Waals surface area contributed by atoms with Gasteiger partial charge in [0.25, 0.3) is 0 Å². The normalized spacial score (nSPS) is 21.1. The Morgan fingerprint density at radius 3 is 2.70 bits per heavy atom. The number of furan rings is 1. The molecule has 2 heterocycles. The van der Waals surface area contributed by atoms with Gasteiger partial charge in [-0.25, -0.2) is 4.79 Å². The molecule has 2 atom stereocenters. The number of halogens is 1. The summed E-state index contributed by atoms with van der Waals surface area (Å²) in [5.74, 6) is 1.15. The molecule has 1 aromatic heterocycles. The molecule has 0 amide bonds. The summed E-state index contributed by atoms with van der Waals surface area (Å²) in [5, 5.41) is 4.29. The largest absolute Gasteiger partial charge is 0.460 e. The lowest BCUT2D eigenvalue weighted by atomic mass is 9.75. The SMILES string of the molecule is CCOCCCOC(=O)c1cc2cc(CC(=O)[C@H]3NCC[C@H]3C3CCCCC3)ccc2o1.Cl. The predicted octanol–water partition coefficient (Wildman–Crippen LogP) is 5.11. The van der Waals surface area contributed by atoms with E-state index in [-0.39, 0.29) is 30.0 Å². The topological polar surface area (TPSA) is 77.8 Å². The van der Waals surface area contributed by atoms with Crippen molar-refractivity contribution in [3.63, 3.8) is 0 Å². The van der Waals surface area contributed by atoms with E-state index in [1.165, 1.54) is 32.1 Å². The minimum absolute atomic E-state index is 0. The number of esters is 1. The maximum absolute atomic E-state index is 13.1. The van der Waals surface area contributed by atoms with Gasteiger partial charge in [0.1, 0.15) is 5.58 Å². The molecule has 1 aliphatic heterocycles. The number of benzene rings is 1. The Bertz CT molecular complexity index is 921. The summed E-state index contributed by atoms with van der Waals surface area (Å²) >= 11 is 0. The highest BCUT2D eigenvalue weighted by molar-refractivity contribution is 5.93. The Labute approximate surface area is 202 Å². The second-order valence-electron chi connectivity index (χ2n) is 9.09. The Morgan fingerprint density at radius 1 is 1.09 bits per heavy atom. The molecule has 6 nitrogen and oxygen atoms in total. The quantitative estimate of drug-likeness (QED) is 0.378. The van der Waals surface area contributed by atoms with E-state index in [2.05, 4.69) is 5.32 Å². The number of fused-ring (bicyclic) bond motifs is 1. The first-order valence-corrected chi connectivity index (χ1v) is 12.2. The standard InChI is InChI=1S/C26H35NO5.ClH/c1-2-30-13-6-14-31-26(29)24-17-20-15-18(9-10-23(20)32-24)16-22(28)25-21(11-12-27-25)19-7-4-3-5-8-19;/h9-10,15,17,19,21,25,27H,2-8,11-14,16H2,1H3;1H/t21-,25-;/m0./s1. The van der Waals surface area contributed by atoms with Crippen molar-refractivity contribution >= 4 is 35.1 Å². The summed E-state index contributed by atoms with van der Waals surface area (Å²) in [6.07, 6.45) is 8.64. The summed E-state index contributed by atoms with van der Waals surface area (Å²) in [6, 6.07) is 7.39. The highest BCUT2D eigenvalue weighted by Gasteiger charge is 2.37. The zero-order valence-electron chi connectivity index (χ0n) is 19.5. The lowest BCUT2D eigenvalue weighted by Gasteiger charge is -2.30. The van der Waals surface area contributed by atoms with Crippen molar-refractivity contribution in [2.45, 2.75) is 64.3 Å². The van der Waals surface area contributed by atoms with Crippen LogP contribution in [0.3, 0.4) is 0 Å². The zero-order chi connectivity index (χ0) is 22.3. The monoisotopic (exact) mass is 477 g/mol. The molecular weight excluding hydrogens is 442 g/mol. The van der Waals surface area contributed by atoms with Crippen LogP contribution in [-0.4, -0.2) is 44.2 Å². The summed E-state index contributed by atoms with van der Waals surface area (Å²) < 4.78 is 16.2. The molecule has 1 saturated carbocycles. The van der Waals surface area contributed by atoms with Gasteiger partial charge in [-0.2, -0.15) is 0 Å². The molecule has 0 bridgehead atoms. The molecule has 7 heteroatoms. The number of rotatable bonds is 10. The lowest BCUT2D eigenvalue weighted by molar-refractivity contribution is -0.121. The van der Waals surface area contributed by atoms with E-state index in [1.54, 1.807) is 6.07 Å². The average molecular weight is 478 g/mol. The Kier molecular flexibility index (Phi) is 9.78. The number of ketones is 1. The second-order valence-corrected chi connectivity index (χ2v) is 9.09. The molecular formula is C26H36ClNO5. The fourth-order valence-corrected chi connectivity index (χ4v) is 5.30. The fourth-order valence-electron chi connectivity index (χ4n) is 5.30. The van der Waals surface area contributed by atoms with Crippen molar-refractivity contribution in [3.8, 4) is 0 Å². The van der Waals surface area contributed by atoms with E-state index in [4.69, 9.17) is 13.9 Å². The maximum Gasteiger partial charge on any atom is 0.374 e. The summed E-state index contributed by atoms with van der Waals surface area (Å²) in [5.41, 5.74) is 1.58. The van der Waals surface area contributed by atoms with E-state index >= 15 is 0 Å². The molecule has 4 rings (SSSR count). The molecule has 2 aromatic rings. The molecule has 2 fully saturated rings. The number of Topliss-reactive ketones (excluding diaryl/α,β-unsaturated/α-hetero) is 1. The van der Waals surface area contributed by atoms with Crippen LogP contribution in [0.2, 0.25) is 0 Å². The molecule has 0 spiro atoms. The van der Waals surface area contributed by atoms with Crippen molar-refractivity contribution in [1.29, 1.82) is 0 Å². The molecule has 1 aliphatic carbocycles. The molecule has 2 aliphatic rings. The van der Waals surface area contributed by atoms with E-state index in [0.29, 0.717) is 50.1 Å². The Hall–Kier alpha value is -1.89. The molecule has 1 saturated heterocycles. The first kappa shape index (κ1) is 25.7. The molecule has 1 aromatic carbocycles. The van der Waals surface area contributed by atoms with Gasteiger partial charge in [0.2, 0.25) is 5.76 Å². The van der Waals surface area contributed by atoms with Gasteiger partial charge in [-0.1, -0.05) is 38.2 Å². The summed E-state index contributed by atoms with van der Waals surface area (Å²) in [4.78, 5) is 25.4. The van der Waals surface area contributed by atoms with Crippen molar-refractivity contribution < 1.29 is 23.5 Å². The van der Waals surface area contributed by atoms with Crippen molar-refractivity contribution in [2.24, 2.45) is 11.8 Å². The van der Waals surface area contributed by atoms with Gasteiger partial charge in [-0.3, -0.25) is 4.79 Å². The second kappa shape index (κ2) is 12.5. The van der Waals surface area contributed by atoms with E-state index in [9.17, 15) is 9.59 Å². The maximum atomic E-state index is 13.1. The third kappa shape index (κ3) is 6.58. The van der Waals surface area contributed by atoms with Gasteiger partial charge >= 0.3 is 5.97 Å². The van der Waals surface area contributed by atoms with Crippen molar-refractivity contribution in [2.75, 3.05) is 26.4 Å². The third-order valence-electron chi connectivity index (χ3n) is 6.90. The predicted molar refractivity (Wildman–Crippen MR) is 130 cm³/mol. The van der Waals surface area contributed by atoms with Crippen LogP contribution in [0.5, 0.6) is 0 Å². The van der Waals surface area contributed by atoms with Gasteiger partial charge < -0.3 is 19.2 Å². The fraction of sp³-hybridized carbons (Fsp3) is 0.615.